The number of likely N-dealkylation sites (tertiary alicyclic amines) is 1. The van der Waals surface area contributed by atoms with Crippen LogP contribution in [0.5, 0.6) is 0 Å². The number of rotatable bonds is 7. The average molecular weight is 574 g/mol. The maximum Gasteiger partial charge on any atom is 0.254 e. The number of thiophene rings is 1. The molecule has 2 fully saturated rings. The number of carbonyl (C=O) groups is 3. The van der Waals surface area contributed by atoms with Crippen molar-refractivity contribution in [2.45, 2.75) is 31.2 Å². The van der Waals surface area contributed by atoms with Crippen LogP contribution in [0.4, 0.5) is 0 Å². The Labute approximate surface area is 241 Å². The molecular weight excluding hydrogens is 542 g/mol. The first-order chi connectivity index (χ1) is 19.8. The van der Waals surface area contributed by atoms with Crippen LogP contribution in [-0.2, 0) is 32.0 Å². The van der Waals surface area contributed by atoms with Crippen LogP contribution in [0.1, 0.15) is 32.8 Å². The summed E-state index contributed by atoms with van der Waals surface area (Å²) in [6, 6.07) is 16.8. The Morgan fingerprint density at radius 1 is 1.10 bits per heavy atom. The second kappa shape index (κ2) is 11.1. The van der Waals surface area contributed by atoms with Gasteiger partial charge in [0.2, 0.25) is 11.8 Å². The molecule has 3 amide bonds. The number of hydrogen-bond donors (Lipinski definition) is 3. The third-order valence-corrected chi connectivity index (χ3v) is 8.77. The van der Waals surface area contributed by atoms with Gasteiger partial charge in [0.15, 0.2) is 5.79 Å². The smallest absolute Gasteiger partial charge is 0.254 e. The molecule has 3 aliphatic heterocycles. The first-order valence-electron chi connectivity index (χ1n) is 13.6. The van der Waals surface area contributed by atoms with Crippen LogP contribution >= 0.6 is 11.3 Å². The maximum atomic E-state index is 13.6. The highest BCUT2D eigenvalue weighted by atomic mass is 32.1. The molecule has 10 nitrogen and oxygen atoms in total. The zero-order chi connectivity index (χ0) is 28.6. The molecule has 212 valence electrons. The van der Waals surface area contributed by atoms with E-state index in [0.717, 1.165) is 21.6 Å². The van der Waals surface area contributed by atoms with E-state index in [1.165, 1.54) is 16.2 Å². The van der Waals surface area contributed by atoms with Crippen LogP contribution in [0.2, 0.25) is 0 Å². The van der Waals surface area contributed by atoms with E-state index in [1.807, 2.05) is 48.5 Å². The number of benzene rings is 2. The van der Waals surface area contributed by atoms with Crippen LogP contribution in [0.25, 0.3) is 11.1 Å². The Hall–Kier alpha value is -4.06. The number of carbonyl (C=O) groups excluding carboxylic acids is 3. The van der Waals surface area contributed by atoms with Crippen molar-refractivity contribution in [3.8, 4) is 11.1 Å². The van der Waals surface area contributed by atoms with E-state index < -0.39 is 11.8 Å². The summed E-state index contributed by atoms with van der Waals surface area (Å²) < 4.78 is 11.7. The van der Waals surface area contributed by atoms with E-state index >= 15 is 0 Å². The van der Waals surface area contributed by atoms with Crippen molar-refractivity contribution >= 4 is 34.9 Å². The molecule has 3 aromatic rings. The topological polar surface area (TPSA) is 138 Å². The third kappa shape index (κ3) is 5.48. The number of nitrogens with zero attached hydrogens (tertiary/aromatic N) is 2. The van der Waals surface area contributed by atoms with Crippen molar-refractivity contribution in [2.24, 2.45) is 5.73 Å². The van der Waals surface area contributed by atoms with Gasteiger partial charge in [0.05, 0.1) is 26.3 Å². The third-order valence-electron chi connectivity index (χ3n) is 7.84. The van der Waals surface area contributed by atoms with Crippen LogP contribution in [0, 0.1) is 5.41 Å². The van der Waals surface area contributed by atoms with Gasteiger partial charge < -0.3 is 30.3 Å². The Morgan fingerprint density at radius 2 is 1.88 bits per heavy atom. The van der Waals surface area contributed by atoms with Gasteiger partial charge in [-0.25, -0.2) is 0 Å². The molecule has 0 aliphatic carbocycles. The van der Waals surface area contributed by atoms with Crippen molar-refractivity contribution in [2.75, 3.05) is 32.8 Å². The molecule has 0 radical (unpaired) electrons. The fourth-order valence-corrected chi connectivity index (χ4v) is 6.52. The first kappa shape index (κ1) is 27.1. The number of hydrogen-bond acceptors (Lipinski definition) is 7. The largest absolute Gasteiger partial charge is 0.384 e. The Balaban J connectivity index is 1.14. The lowest BCUT2D eigenvalue weighted by molar-refractivity contribution is -0.152. The average Bonchev–Trinajstić information content (AvgIpc) is 3.74. The Morgan fingerprint density at radius 3 is 2.61 bits per heavy atom. The lowest BCUT2D eigenvalue weighted by Gasteiger charge is -2.31. The molecule has 41 heavy (non-hydrogen) atoms. The van der Waals surface area contributed by atoms with Crippen LogP contribution < -0.4 is 11.1 Å². The van der Waals surface area contributed by atoms with E-state index in [9.17, 15) is 14.4 Å². The highest BCUT2D eigenvalue weighted by molar-refractivity contribution is 7.10. The van der Waals surface area contributed by atoms with Crippen molar-refractivity contribution in [1.82, 2.24) is 15.1 Å². The number of nitrogen functional groups attached to an aromatic ring is 1. The van der Waals surface area contributed by atoms with Crippen LogP contribution in [-0.4, -0.2) is 78.0 Å². The molecule has 2 saturated heterocycles. The van der Waals surface area contributed by atoms with E-state index in [2.05, 4.69) is 5.32 Å². The fraction of sp³-hybridized carbons (Fsp3) is 0.333. The number of amidine groups is 1. The quantitative estimate of drug-likeness (QED) is 0.293. The summed E-state index contributed by atoms with van der Waals surface area (Å²) in [6.45, 7) is 1.44. The predicted molar refractivity (Wildman–Crippen MR) is 153 cm³/mol. The van der Waals surface area contributed by atoms with Gasteiger partial charge in [-0.05, 0) is 35.2 Å². The van der Waals surface area contributed by atoms with E-state index in [-0.39, 0.29) is 49.6 Å². The molecule has 0 saturated carbocycles. The van der Waals surface area contributed by atoms with E-state index in [1.54, 1.807) is 16.3 Å². The summed E-state index contributed by atoms with van der Waals surface area (Å²) in [5.74, 6) is -1.89. The van der Waals surface area contributed by atoms with Gasteiger partial charge >= 0.3 is 0 Å². The predicted octanol–water partition coefficient (Wildman–Crippen LogP) is 2.36. The number of ether oxygens (including phenoxy) is 2. The molecule has 6 rings (SSSR count). The SMILES string of the molecule is N=C(N)c1csc(CNC(=O)C2CC3(CN2C(=O)CN2CCc4cc(-c5ccccc5)ccc4C2=O)OCCO3)c1. The van der Waals surface area contributed by atoms with Crippen molar-refractivity contribution in [3.05, 3.63) is 81.5 Å². The summed E-state index contributed by atoms with van der Waals surface area (Å²) >= 11 is 1.40. The Bertz CT molecular complexity index is 1500. The number of nitrogens with two attached hydrogens (primary N) is 1. The highest BCUT2D eigenvalue weighted by Gasteiger charge is 2.52. The van der Waals surface area contributed by atoms with Gasteiger partial charge in [-0.15, -0.1) is 11.3 Å². The highest BCUT2D eigenvalue weighted by Crippen LogP contribution is 2.35. The standard InChI is InChI=1S/C30H31N5O5S/c31-27(32)22-13-23(41-17-22)15-33-28(37)25-14-30(39-10-11-40-30)18-35(25)26(36)16-34-9-8-21-12-20(6-7-24(21)29(34)38)19-4-2-1-3-5-19/h1-7,12-13,17,25H,8-11,14-16,18H2,(H3,31,32)(H,33,37). The molecule has 11 heteroatoms. The molecular formula is C30H31N5O5S. The molecule has 2 aromatic carbocycles. The fourth-order valence-electron chi connectivity index (χ4n) is 5.70. The number of nitrogens with one attached hydrogen (secondary N) is 2. The van der Waals surface area contributed by atoms with Gasteiger partial charge in [-0.3, -0.25) is 19.8 Å². The van der Waals surface area contributed by atoms with Gasteiger partial charge in [0, 0.05) is 34.3 Å². The lowest BCUT2D eigenvalue weighted by atomic mass is 9.94. The van der Waals surface area contributed by atoms with Crippen molar-refractivity contribution in [3.63, 3.8) is 0 Å². The molecule has 3 aliphatic rings. The van der Waals surface area contributed by atoms with Gasteiger partial charge in [-0.2, -0.15) is 0 Å². The molecule has 4 N–H and O–H groups in total. The van der Waals surface area contributed by atoms with Gasteiger partial charge in [-0.1, -0.05) is 42.5 Å². The second-order valence-corrected chi connectivity index (χ2v) is 11.5. The lowest BCUT2D eigenvalue weighted by Crippen LogP contribution is -2.51. The summed E-state index contributed by atoms with van der Waals surface area (Å²) in [4.78, 5) is 44.2. The van der Waals surface area contributed by atoms with Crippen LogP contribution in [0.3, 0.4) is 0 Å². The monoisotopic (exact) mass is 573 g/mol. The van der Waals surface area contributed by atoms with Gasteiger partial charge in [0.25, 0.3) is 5.91 Å². The molecule has 4 heterocycles. The second-order valence-electron chi connectivity index (χ2n) is 10.5. The van der Waals surface area contributed by atoms with E-state index in [0.29, 0.717) is 37.3 Å². The summed E-state index contributed by atoms with van der Waals surface area (Å²) in [5.41, 5.74) is 9.85. The van der Waals surface area contributed by atoms with Crippen LogP contribution in [0.15, 0.2) is 60.0 Å². The summed E-state index contributed by atoms with van der Waals surface area (Å²) in [6.07, 6.45) is 0.852. The number of fused-ring (bicyclic) bond motifs is 1. The van der Waals surface area contributed by atoms with E-state index in [4.69, 9.17) is 20.6 Å². The molecule has 1 spiro atoms. The minimum atomic E-state index is -1.02. The summed E-state index contributed by atoms with van der Waals surface area (Å²) in [5, 5.41) is 12.2. The number of amides is 3. The normalized spacial score (nSPS) is 19.4. The minimum Gasteiger partial charge on any atom is -0.384 e. The van der Waals surface area contributed by atoms with Crippen molar-refractivity contribution < 1.29 is 23.9 Å². The molecule has 1 aromatic heterocycles. The zero-order valence-electron chi connectivity index (χ0n) is 22.4. The molecule has 1 atom stereocenters. The summed E-state index contributed by atoms with van der Waals surface area (Å²) in [7, 11) is 0. The first-order valence-corrected chi connectivity index (χ1v) is 14.4. The Kier molecular flexibility index (Phi) is 7.33. The maximum absolute atomic E-state index is 13.6. The van der Waals surface area contributed by atoms with Gasteiger partial charge in [0.1, 0.15) is 18.4 Å². The zero-order valence-corrected chi connectivity index (χ0v) is 23.2. The van der Waals surface area contributed by atoms with Crippen molar-refractivity contribution in [1.29, 1.82) is 5.41 Å². The molecule has 1 unspecified atom stereocenters. The molecule has 0 bridgehead atoms. The minimum absolute atomic E-state index is 0.0321.